The first-order valence-electron chi connectivity index (χ1n) is 6.22. The molecule has 2 aromatic rings. The zero-order valence-electron chi connectivity index (χ0n) is 11.6. The minimum absolute atomic E-state index is 0.363. The van der Waals surface area contributed by atoms with E-state index < -0.39 is 0 Å². The van der Waals surface area contributed by atoms with E-state index in [-0.39, 0.29) is 0 Å². The number of halogens is 1. The molecule has 0 radical (unpaired) electrons. The lowest BCUT2D eigenvalue weighted by Crippen LogP contribution is -2.38. The molecule has 0 atom stereocenters. The smallest absolute Gasteiger partial charge is 0.192 e. The van der Waals surface area contributed by atoms with Crippen LogP contribution in [0.15, 0.2) is 17.9 Å². The molecule has 0 fully saturated rings. The summed E-state index contributed by atoms with van der Waals surface area (Å²) in [7, 11) is 0. The SMILES string of the molecule is C=C(CC)[n+]1c(SC)nc(Cl)n2ncc(C(C)C)c21. The van der Waals surface area contributed by atoms with Crippen molar-refractivity contribution < 1.29 is 4.57 Å². The van der Waals surface area contributed by atoms with Crippen LogP contribution in [0.25, 0.3) is 11.3 Å². The molecule has 0 aliphatic heterocycles. The molecule has 0 aliphatic rings. The van der Waals surface area contributed by atoms with E-state index >= 15 is 0 Å². The van der Waals surface area contributed by atoms with Gasteiger partial charge in [0.1, 0.15) is 0 Å². The van der Waals surface area contributed by atoms with E-state index in [2.05, 4.69) is 42.0 Å². The predicted octanol–water partition coefficient (Wildman–Crippen LogP) is 3.40. The average molecular weight is 298 g/mol. The lowest BCUT2D eigenvalue weighted by molar-refractivity contribution is -0.605. The van der Waals surface area contributed by atoms with Crippen molar-refractivity contribution in [1.29, 1.82) is 0 Å². The van der Waals surface area contributed by atoms with Crippen LogP contribution in [0.3, 0.4) is 0 Å². The molecule has 0 unspecified atom stereocenters. The maximum Gasteiger partial charge on any atom is 0.363 e. The van der Waals surface area contributed by atoms with Gasteiger partial charge in [0.05, 0.1) is 17.5 Å². The molecule has 0 N–H and O–H groups in total. The Labute approximate surface area is 122 Å². The molecule has 0 amide bonds. The van der Waals surface area contributed by atoms with E-state index in [1.807, 2.05) is 12.5 Å². The normalized spacial score (nSPS) is 11.5. The lowest BCUT2D eigenvalue weighted by atomic mass is 10.1. The van der Waals surface area contributed by atoms with E-state index in [9.17, 15) is 0 Å². The molecule has 0 spiro atoms. The third-order valence-electron chi connectivity index (χ3n) is 3.07. The number of thioether (sulfide) groups is 1. The maximum absolute atomic E-state index is 6.21. The zero-order chi connectivity index (χ0) is 14.2. The van der Waals surface area contributed by atoms with Gasteiger partial charge in [0.15, 0.2) is 0 Å². The summed E-state index contributed by atoms with van der Waals surface area (Å²) in [5.74, 6) is 0.363. The molecular weight excluding hydrogens is 280 g/mol. The third-order valence-corrected chi connectivity index (χ3v) is 3.95. The van der Waals surface area contributed by atoms with Gasteiger partial charge in [0, 0.05) is 0 Å². The van der Waals surface area contributed by atoms with Gasteiger partial charge < -0.3 is 0 Å². The van der Waals surface area contributed by atoms with Gasteiger partial charge in [-0.1, -0.05) is 43.6 Å². The molecule has 2 aromatic heterocycles. The fourth-order valence-electron chi connectivity index (χ4n) is 1.97. The minimum atomic E-state index is 0.363. The van der Waals surface area contributed by atoms with E-state index in [1.165, 1.54) is 0 Å². The zero-order valence-corrected chi connectivity index (χ0v) is 13.2. The highest BCUT2D eigenvalue weighted by atomic mass is 35.5. The van der Waals surface area contributed by atoms with Gasteiger partial charge in [0.2, 0.25) is 0 Å². The molecule has 102 valence electrons. The van der Waals surface area contributed by atoms with Crippen LogP contribution >= 0.6 is 23.4 Å². The Morgan fingerprint density at radius 2 is 2.26 bits per heavy atom. The molecule has 0 bridgehead atoms. The Balaban J connectivity index is 2.90. The lowest BCUT2D eigenvalue weighted by Gasteiger charge is -2.09. The van der Waals surface area contributed by atoms with Gasteiger partial charge >= 0.3 is 10.4 Å². The van der Waals surface area contributed by atoms with Crippen molar-refractivity contribution in [1.82, 2.24) is 14.6 Å². The van der Waals surface area contributed by atoms with Crippen LogP contribution in [0, 0.1) is 0 Å². The standard InChI is InChI=1S/C13H18ClN4S/c1-6-9(4)17-11-10(8(2)3)7-15-18(11)12(14)16-13(17)19-5/h7-8H,4,6H2,1-3,5H3/q+1. The number of fused-ring (bicyclic) bond motifs is 1. The molecular formula is C13H18ClN4S+. The molecule has 2 heterocycles. The van der Waals surface area contributed by atoms with Crippen molar-refractivity contribution in [3.8, 4) is 0 Å². The molecule has 19 heavy (non-hydrogen) atoms. The van der Waals surface area contributed by atoms with Crippen molar-refractivity contribution in [2.75, 3.05) is 6.26 Å². The first-order chi connectivity index (χ1) is 9.01. The third kappa shape index (κ3) is 2.37. The number of allylic oxidation sites excluding steroid dienone is 1. The number of rotatable bonds is 4. The Hall–Kier alpha value is -1.07. The highest BCUT2D eigenvalue weighted by Crippen LogP contribution is 2.23. The van der Waals surface area contributed by atoms with Crippen LogP contribution in [0.2, 0.25) is 5.28 Å². The fraction of sp³-hybridized carbons (Fsp3) is 0.462. The summed E-state index contributed by atoms with van der Waals surface area (Å²) in [4.78, 5) is 4.39. The highest BCUT2D eigenvalue weighted by Gasteiger charge is 2.26. The Morgan fingerprint density at radius 1 is 1.58 bits per heavy atom. The summed E-state index contributed by atoms with van der Waals surface area (Å²) in [5, 5.41) is 5.56. The van der Waals surface area contributed by atoms with Gasteiger partial charge in [-0.2, -0.15) is 4.57 Å². The van der Waals surface area contributed by atoms with E-state index in [0.717, 1.165) is 28.5 Å². The van der Waals surface area contributed by atoms with Gasteiger partial charge in [-0.05, 0) is 35.2 Å². The Bertz CT molecular complexity index is 633. The van der Waals surface area contributed by atoms with Crippen LogP contribution in [0.5, 0.6) is 0 Å². The molecule has 0 aromatic carbocycles. The Kier molecular flexibility index (Phi) is 4.16. The van der Waals surface area contributed by atoms with Crippen molar-refractivity contribution in [3.63, 3.8) is 0 Å². The van der Waals surface area contributed by atoms with Gasteiger partial charge in [-0.15, -0.1) is 5.10 Å². The van der Waals surface area contributed by atoms with E-state index in [1.54, 1.807) is 16.3 Å². The summed E-state index contributed by atoms with van der Waals surface area (Å²) in [5.41, 5.74) is 3.10. The maximum atomic E-state index is 6.21. The summed E-state index contributed by atoms with van der Waals surface area (Å²) in [6.45, 7) is 10.5. The van der Waals surface area contributed by atoms with Crippen LogP contribution in [-0.2, 0) is 0 Å². The summed E-state index contributed by atoms with van der Waals surface area (Å²) < 4.78 is 3.73. The van der Waals surface area contributed by atoms with Crippen molar-refractivity contribution in [2.45, 2.75) is 38.3 Å². The number of nitrogens with zero attached hydrogens (tertiary/aromatic N) is 4. The number of aromatic nitrogens is 4. The topological polar surface area (TPSA) is 34.1 Å². The van der Waals surface area contributed by atoms with Crippen LogP contribution in [0.4, 0.5) is 0 Å². The van der Waals surface area contributed by atoms with Crippen LogP contribution in [-0.4, -0.2) is 20.9 Å². The van der Waals surface area contributed by atoms with E-state index in [0.29, 0.717) is 11.2 Å². The van der Waals surface area contributed by atoms with Crippen LogP contribution in [0.1, 0.15) is 38.7 Å². The fourth-order valence-corrected chi connectivity index (χ4v) is 2.80. The quantitative estimate of drug-likeness (QED) is 0.641. The molecule has 6 heteroatoms. The number of hydrogen-bond donors (Lipinski definition) is 0. The number of hydrogen-bond acceptors (Lipinski definition) is 3. The van der Waals surface area contributed by atoms with E-state index in [4.69, 9.17) is 11.6 Å². The minimum Gasteiger partial charge on any atom is -0.192 e. The van der Waals surface area contributed by atoms with Crippen molar-refractivity contribution in [3.05, 3.63) is 23.6 Å². The van der Waals surface area contributed by atoms with Crippen LogP contribution < -0.4 is 4.57 Å². The monoisotopic (exact) mass is 297 g/mol. The largest absolute Gasteiger partial charge is 0.363 e. The second-order valence-corrected chi connectivity index (χ2v) is 5.72. The van der Waals surface area contributed by atoms with Crippen molar-refractivity contribution >= 4 is 34.7 Å². The molecule has 0 saturated carbocycles. The summed E-state index contributed by atoms with van der Waals surface area (Å²) >= 11 is 7.77. The average Bonchev–Trinajstić information content (AvgIpc) is 2.82. The summed E-state index contributed by atoms with van der Waals surface area (Å²) in [6, 6.07) is 0. The molecule has 0 aliphatic carbocycles. The second-order valence-electron chi connectivity index (χ2n) is 4.61. The molecule has 0 saturated heterocycles. The molecule has 2 rings (SSSR count). The van der Waals surface area contributed by atoms with Gasteiger partial charge in [-0.3, -0.25) is 0 Å². The van der Waals surface area contributed by atoms with Gasteiger partial charge in [-0.25, -0.2) is 0 Å². The summed E-state index contributed by atoms with van der Waals surface area (Å²) in [6.07, 6.45) is 4.69. The van der Waals surface area contributed by atoms with Gasteiger partial charge in [0.25, 0.3) is 5.65 Å². The predicted molar refractivity (Wildman–Crippen MR) is 79.7 cm³/mol. The Morgan fingerprint density at radius 3 is 2.79 bits per heavy atom. The first kappa shape index (κ1) is 14.3. The highest BCUT2D eigenvalue weighted by molar-refractivity contribution is 7.98. The van der Waals surface area contributed by atoms with Crippen molar-refractivity contribution in [2.24, 2.45) is 0 Å². The first-order valence-corrected chi connectivity index (χ1v) is 7.82. The second kappa shape index (κ2) is 5.51. The molecule has 4 nitrogen and oxygen atoms in total.